The molecule has 0 aromatic heterocycles. The summed E-state index contributed by atoms with van der Waals surface area (Å²) < 4.78 is 5.33. The number of carbonyl (C=O) groups is 1. The first-order valence-electron chi connectivity index (χ1n) is 6.24. The quantitative estimate of drug-likeness (QED) is 0.893. The highest BCUT2D eigenvalue weighted by molar-refractivity contribution is 6.32. The summed E-state index contributed by atoms with van der Waals surface area (Å²) in [4.78, 5) is 12.0. The average Bonchev–Trinajstić information content (AvgIpc) is 2.30. The molecule has 1 atom stereocenters. The number of halogens is 1. The zero-order valence-electron chi connectivity index (χ0n) is 11.8. The minimum atomic E-state index is -0.585. The van der Waals surface area contributed by atoms with Crippen molar-refractivity contribution in [2.24, 2.45) is 11.1 Å². The van der Waals surface area contributed by atoms with Gasteiger partial charge in [-0.15, -0.1) is 0 Å². The van der Waals surface area contributed by atoms with E-state index in [0.717, 1.165) is 0 Å². The molecule has 4 nitrogen and oxygen atoms in total. The molecule has 0 fully saturated rings. The molecule has 0 bridgehead atoms. The standard InChI is InChI=1S/C14H21ClN2O2/c1-5-19-11-7-6-9(8-10(11)15)17-13(18)12(16)14(2,3)4/h6-8,12H,5,16H2,1-4H3,(H,17,18)/t12-/m1/s1. The van der Waals surface area contributed by atoms with Gasteiger partial charge >= 0.3 is 0 Å². The van der Waals surface area contributed by atoms with Crippen LogP contribution >= 0.6 is 11.6 Å². The summed E-state index contributed by atoms with van der Waals surface area (Å²) in [5, 5.41) is 3.22. The second kappa shape index (κ2) is 6.26. The van der Waals surface area contributed by atoms with Gasteiger partial charge in [0.15, 0.2) is 0 Å². The van der Waals surface area contributed by atoms with E-state index in [1.165, 1.54) is 0 Å². The number of hydrogen-bond donors (Lipinski definition) is 2. The Morgan fingerprint density at radius 3 is 2.58 bits per heavy atom. The fourth-order valence-corrected chi connectivity index (χ4v) is 1.70. The highest BCUT2D eigenvalue weighted by atomic mass is 35.5. The molecule has 0 spiro atoms. The van der Waals surface area contributed by atoms with Gasteiger partial charge < -0.3 is 15.8 Å². The number of nitrogens with two attached hydrogens (primary N) is 1. The highest BCUT2D eigenvalue weighted by Crippen LogP contribution is 2.28. The van der Waals surface area contributed by atoms with E-state index in [4.69, 9.17) is 22.1 Å². The molecule has 19 heavy (non-hydrogen) atoms. The Bertz CT molecular complexity index is 455. The number of anilines is 1. The first kappa shape index (κ1) is 15.8. The van der Waals surface area contributed by atoms with Gasteiger partial charge in [-0.25, -0.2) is 0 Å². The molecule has 5 heteroatoms. The number of nitrogens with one attached hydrogen (secondary N) is 1. The maximum atomic E-state index is 12.0. The van der Waals surface area contributed by atoms with Gasteiger partial charge in [-0.3, -0.25) is 4.79 Å². The van der Waals surface area contributed by atoms with E-state index in [2.05, 4.69) is 5.32 Å². The van der Waals surface area contributed by atoms with E-state index in [1.807, 2.05) is 27.7 Å². The van der Waals surface area contributed by atoms with Crippen LogP contribution in [0, 0.1) is 5.41 Å². The van der Waals surface area contributed by atoms with Gasteiger partial charge in [-0.2, -0.15) is 0 Å². The van der Waals surface area contributed by atoms with Crippen molar-refractivity contribution < 1.29 is 9.53 Å². The van der Waals surface area contributed by atoms with Crippen LogP contribution in [-0.2, 0) is 4.79 Å². The molecule has 106 valence electrons. The summed E-state index contributed by atoms with van der Waals surface area (Å²) in [6.45, 7) is 8.18. The number of benzene rings is 1. The first-order valence-corrected chi connectivity index (χ1v) is 6.62. The van der Waals surface area contributed by atoms with Crippen LogP contribution < -0.4 is 15.8 Å². The summed E-state index contributed by atoms with van der Waals surface area (Å²) in [5.41, 5.74) is 6.20. The molecule has 0 heterocycles. The summed E-state index contributed by atoms with van der Waals surface area (Å²) in [5.74, 6) is 0.370. The highest BCUT2D eigenvalue weighted by Gasteiger charge is 2.27. The molecule has 1 aromatic carbocycles. The van der Waals surface area contributed by atoms with Crippen LogP contribution in [-0.4, -0.2) is 18.6 Å². The molecular formula is C14H21ClN2O2. The molecule has 0 aliphatic heterocycles. The topological polar surface area (TPSA) is 64.3 Å². The van der Waals surface area contributed by atoms with Crippen molar-refractivity contribution in [3.05, 3.63) is 23.2 Å². The Morgan fingerprint density at radius 1 is 1.47 bits per heavy atom. The van der Waals surface area contributed by atoms with Crippen molar-refractivity contribution in [2.45, 2.75) is 33.7 Å². The van der Waals surface area contributed by atoms with Crippen LogP contribution in [0.5, 0.6) is 5.75 Å². The monoisotopic (exact) mass is 284 g/mol. The number of hydrogen-bond acceptors (Lipinski definition) is 3. The van der Waals surface area contributed by atoms with Gasteiger partial charge in [0.25, 0.3) is 0 Å². The lowest BCUT2D eigenvalue weighted by Crippen LogP contribution is -2.45. The number of ether oxygens (including phenoxy) is 1. The van der Waals surface area contributed by atoms with E-state index < -0.39 is 6.04 Å². The van der Waals surface area contributed by atoms with E-state index in [9.17, 15) is 4.79 Å². The second-order valence-corrected chi connectivity index (χ2v) is 5.82. The van der Waals surface area contributed by atoms with E-state index in [0.29, 0.717) is 23.1 Å². The minimum absolute atomic E-state index is 0.229. The lowest BCUT2D eigenvalue weighted by atomic mass is 9.87. The van der Waals surface area contributed by atoms with E-state index in [1.54, 1.807) is 18.2 Å². The van der Waals surface area contributed by atoms with Crippen LogP contribution in [0.25, 0.3) is 0 Å². The lowest BCUT2D eigenvalue weighted by Gasteiger charge is -2.25. The normalized spacial score (nSPS) is 12.9. The number of carbonyl (C=O) groups excluding carboxylic acids is 1. The summed E-state index contributed by atoms with van der Waals surface area (Å²) in [7, 11) is 0. The molecule has 1 rings (SSSR count). The van der Waals surface area contributed by atoms with Crippen molar-refractivity contribution in [1.82, 2.24) is 0 Å². The Kier molecular flexibility index (Phi) is 5.20. The summed E-state index contributed by atoms with van der Waals surface area (Å²) >= 11 is 6.05. The summed E-state index contributed by atoms with van der Waals surface area (Å²) in [6, 6.07) is 4.53. The largest absolute Gasteiger partial charge is 0.492 e. The average molecular weight is 285 g/mol. The van der Waals surface area contributed by atoms with Crippen molar-refractivity contribution in [1.29, 1.82) is 0 Å². The molecule has 1 aromatic rings. The predicted octanol–water partition coefficient (Wildman–Crippen LogP) is 3.05. The van der Waals surface area contributed by atoms with Gasteiger partial charge in [-0.05, 0) is 30.5 Å². The van der Waals surface area contributed by atoms with Crippen LogP contribution in [0.15, 0.2) is 18.2 Å². The predicted molar refractivity (Wildman–Crippen MR) is 78.7 cm³/mol. The summed E-state index contributed by atoms with van der Waals surface area (Å²) in [6.07, 6.45) is 0. The molecule has 0 aliphatic carbocycles. The molecule has 0 unspecified atom stereocenters. The van der Waals surface area contributed by atoms with E-state index in [-0.39, 0.29) is 11.3 Å². The van der Waals surface area contributed by atoms with Crippen molar-refractivity contribution in [2.75, 3.05) is 11.9 Å². The van der Waals surface area contributed by atoms with Gasteiger partial charge in [0.1, 0.15) is 5.75 Å². The zero-order valence-corrected chi connectivity index (χ0v) is 12.5. The Balaban J connectivity index is 2.78. The fourth-order valence-electron chi connectivity index (χ4n) is 1.46. The molecular weight excluding hydrogens is 264 g/mol. The smallest absolute Gasteiger partial charge is 0.241 e. The maximum absolute atomic E-state index is 12.0. The van der Waals surface area contributed by atoms with Gasteiger partial charge in [0.2, 0.25) is 5.91 Å². The first-order chi connectivity index (χ1) is 8.75. The third-order valence-corrected chi connectivity index (χ3v) is 3.01. The molecule has 1 amide bonds. The van der Waals surface area contributed by atoms with Gasteiger partial charge in [0, 0.05) is 5.69 Å². The molecule has 0 saturated carbocycles. The third kappa shape index (κ3) is 4.40. The zero-order chi connectivity index (χ0) is 14.6. The van der Waals surface area contributed by atoms with Crippen LogP contribution in [0.4, 0.5) is 5.69 Å². The fraction of sp³-hybridized carbons (Fsp3) is 0.500. The Morgan fingerprint density at radius 2 is 2.11 bits per heavy atom. The molecule has 0 aliphatic rings. The van der Waals surface area contributed by atoms with Crippen molar-refractivity contribution in [3.8, 4) is 5.75 Å². The van der Waals surface area contributed by atoms with Crippen LogP contribution in [0.2, 0.25) is 5.02 Å². The lowest BCUT2D eigenvalue weighted by molar-refractivity contribution is -0.119. The van der Waals surface area contributed by atoms with Crippen molar-refractivity contribution >= 4 is 23.2 Å². The molecule has 3 N–H and O–H groups in total. The number of rotatable bonds is 4. The molecule has 0 saturated heterocycles. The number of amides is 1. The van der Waals surface area contributed by atoms with Crippen LogP contribution in [0.1, 0.15) is 27.7 Å². The van der Waals surface area contributed by atoms with Gasteiger partial charge in [0.05, 0.1) is 17.7 Å². The van der Waals surface area contributed by atoms with Crippen molar-refractivity contribution in [3.63, 3.8) is 0 Å². The molecule has 0 radical (unpaired) electrons. The van der Waals surface area contributed by atoms with Gasteiger partial charge in [-0.1, -0.05) is 32.4 Å². The Labute approximate surface area is 119 Å². The van der Waals surface area contributed by atoms with E-state index >= 15 is 0 Å². The third-order valence-electron chi connectivity index (χ3n) is 2.71. The minimum Gasteiger partial charge on any atom is -0.492 e. The van der Waals surface area contributed by atoms with Crippen LogP contribution in [0.3, 0.4) is 0 Å². The Hall–Kier alpha value is -1.26. The second-order valence-electron chi connectivity index (χ2n) is 5.41. The SMILES string of the molecule is CCOc1ccc(NC(=O)[C@@H](N)C(C)(C)C)cc1Cl. The maximum Gasteiger partial charge on any atom is 0.241 e.